The molecule has 0 aliphatic heterocycles. The number of phenolic OH excluding ortho intramolecular Hbond substituents is 1. The molecule has 0 unspecified atom stereocenters. The minimum atomic E-state index is -4.10. The molecule has 1 N–H and O–H groups in total. The highest BCUT2D eigenvalue weighted by molar-refractivity contribution is 7.92. The standard InChI is InChI=1S/C20H17ClO5S2/c1-2-14-12-18(22)20(28(25,26)16-6-4-3-5-7-16)13-19(14)27(23,24)17-10-8-15(21)9-11-17/h3-13,22H,2H2,1H3. The van der Waals surface area contributed by atoms with Crippen molar-refractivity contribution in [3.05, 3.63) is 77.3 Å². The van der Waals surface area contributed by atoms with Crippen LogP contribution in [0.4, 0.5) is 0 Å². The molecule has 0 amide bonds. The van der Waals surface area contributed by atoms with E-state index in [1.807, 2.05) is 0 Å². The number of phenols is 1. The highest BCUT2D eigenvalue weighted by atomic mass is 35.5. The molecule has 0 saturated carbocycles. The zero-order chi connectivity index (χ0) is 20.5. The van der Waals surface area contributed by atoms with Crippen LogP contribution in [0.2, 0.25) is 5.02 Å². The summed E-state index contributed by atoms with van der Waals surface area (Å²) in [6.07, 6.45) is 0.293. The van der Waals surface area contributed by atoms with Crippen LogP contribution in [0.5, 0.6) is 5.75 Å². The molecule has 146 valence electrons. The monoisotopic (exact) mass is 436 g/mol. The van der Waals surface area contributed by atoms with Crippen molar-refractivity contribution in [1.29, 1.82) is 0 Å². The molecular weight excluding hydrogens is 420 g/mol. The van der Waals surface area contributed by atoms with E-state index in [9.17, 15) is 21.9 Å². The summed E-state index contributed by atoms with van der Waals surface area (Å²) >= 11 is 5.83. The fraction of sp³-hybridized carbons (Fsp3) is 0.100. The van der Waals surface area contributed by atoms with Gasteiger partial charge in [-0.15, -0.1) is 0 Å². The van der Waals surface area contributed by atoms with Crippen LogP contribution < -0.4 is 0 Å². The van der Waals surface area contributed by atoms with Gasteiger partial charge < -0.3 is 5.11 Å². The first-order chi connectivity index (χ1) is 13.2. The van der Waals surface area contributed by atoms with Crippen molar-refractivity contribution in [2.75, 3.05) is 0 Å². The Balaban J connectivity index is 2.26. The van der Waals surface area contributed by atoms with E-state index in [-0.39, 0.29) is 14.7 Å². The second kappa shape index (κ2) is 7.58. The summed E-state index contributed by atoms with van der Waals surface area (Å²) in [5, 5.41) is 10.7. The molecule has 0 bridgehead atoms. The van der Waals surface area contributed by atoms with E-state index in [0.29, 0.717) is 17.0 Å². The van der Waals surface area contributed by atoms with Gasteiger partial charge in [0.1, 0.15) is 10.6 Å². The molecule has 0 radical (unpaired) electrons. The van der Waals surface area contributed by atoms with Gasteiger partial charge in [-0.1, -0.05) is 36.7 Å². The van der Waals surface area contributed by atoms with E-state index >= 15 is 0 Å². The third-order valence-electron chi connectivity index (χ3n) is 4.28. The zero-order valence-corrected chi connectivity index (χ0v) is 17.2. The number of rotatable bonds is 5. The number of aryl methyl sites for hydroxylation is 1. The van der Waals surface area contributed by atoms with Gasteiger partial charge in [0.15, 0.2) is 0 Å². The lowest BCUT2D eigenvalue weighted by atomic mass is 10.1. The van der Waals surface area contributed by atoms with Gasteiger partial charge in [0.2, 0.25) is 19.7 Å². The van der Waals surface area contributed by atoms with Gasteiger partial charge in [-0.05, 0) is 60.5 Å². The van der Waals surface area contributed by atoms with E-state index in [1.165, 1.54) is 42.5 Å². The van der Waals surface area contributed by atoms with Gasteiger partial charge in [0.05, 0.1) is 14.7 Å². The highest BCUT2D eigenvalue weighted by Gasteiger charge is 2.28. The molecule has 0 heterocycles. The number of sulfone groups is 2. The second-order valence-corrected chi connectivity index (χ2v) is 10.3. The number of hydrogen-bond donors (Lipinski definition) is 1. The van der Waals surface area contributed by atoms with Crippen molar-refractivity contribution in [3.8, 4) is 5.75 Å². The molecule has 0 fully saturated rings. The average Bonchev–Trinajstić information content (AvgIpc) is 2.68. The van der Waals surface area contributed by atoms with Crippen molar-refractivity contribution < 1.29 is 21.9 Å². The van der Waals surface area contributed by atoms with Crippen molar-refractivity contribution in [1.82, 2.24) is 0 Å². The quantitative estimate of drug-likeness (QED) is 0.645. The van der Waals surface area contributed by atoms with Crippen LogP contribution in [-0.2, 0) is 26.1 Å². The minimum Gasteiger partial charge on any atom is -0.507 e. The molecule has 0 aliphatic rings. The van der Waals surface area contributed by atoms with Crippen LogP contribution in [-0.4, -0.2) is 21.9 Å². The Bertz CT molecular complexity index is 1220. The molecule has 3 aromatic carbocycles. The first-order valence-electron chi connectivity index (χ1n) is 8.34. The fourth-order valence-corrected chi connectivity index (χ4v) is 5.95. The summed E-state index contributed by atoms with van der Waals surface area (Å²) in [4.78, 5) is -0.669. The van der Waals surface area contributed by atoms with E-state index in [0.717, 1.165) is 6.07 Å². The maximum absolute atomic E-state index is 13.1. The van der Waals surface area contributed by atoms with Gasteiger partial charge in [0.25, 0.3) is 0 Å². The Morgan fingerprint density at radius 2 is 1.32 bits per heavy atom. The minimum absolute atomic E-state index is 0.0136. The maximum atomic E-state index is 13.1. The fourth-order valence-electron chi connectivity index (χ4n) is 2.80. The first kappa shape index (κ1) is 20.4. The summed E-state index contributed by atoms with van der Waals surface area (Å²) in [6.45, 7) is 1.72. The van der Waals surface area contributed by atoms with Crippen molar-refractivity contribution >= 4 is 31.3 Å². The van der Waals surface area contributed by atoms with Crippen molar-refractivity contribution in [2.45, 2.75) is 32.9 Å². The average molecular weight is 437 g/mol. The van der Waals surface area contributed by atoms with Crippen LogP contribution in [0.3, 0.4) is 0 Å². The maximum Gasteiger partial charge on any atom is 0.210 e. The Labute approximate surface area is 169 Å². The first-order valence-corrected chi connectivity index (χ1v) is 11.7. The smallest absolute Gasteiger partial charge is 0.210 e. The van der Waals surface area contributed by atoms with E-state index in [2.05, 4.69) is 0 Å². The second-order valence-electron chi connectivity index (χ2n) is 6.06. The molecule has 8 heteroatoms. The predicted molar refractivity (Wildman–Crippen MR) is 106 cm³/mol. The van der Waals surface area contributed by atoms with Crippen LogP contribution in [0.25, 0.3) is 0 Å². The van der Waals surface area contributed by atoms with Gasteiger partial charge in [0, 0.05) is 5.02 Å². The summed E-state index contributed by atoms with van der Waals surface area (Å²) in [7, 11) is -8.12. The molecule has 0 atom stereocenters. The third kappa shape index (κ3) is 3.65. The summed E-state index contributed by atoms with van der Waals surface area (Å²) in [5.74, 6) is -0.490. The molecule has 28 heavy (non-hydrogen) atoms. The molecule has 0 spiro atoms. The van der Waals surface area contributed by atoms with Crippen LogP contribution in [0.15, 0.2) is 86.3 Å². The molecule has 3 rings (SSSR count). The zero-order valence-electron chi connectivity index (χ0n) is 14.8. The molecular formula is C20H17ClO5S2. The summed E-state index contributed by atoms with van der Waals surface area (Å²) in [5.41, 5.74) is 0.319. The Hall–Kier alpha value is -2.35. The number of hydrogen-bond acceptors (Lipinski definition) is 5. The van der Waals surface area contributed by atoms with E-state index < -0.39 is 30.3 Å². The Morgan fingerprint density at radius 1 is 0.786 bits per heavy atom. The lowest BCUT2D eigenvalue weighted by Gasteiger charge is -2.14. The lowest BCUT2D eigenvalue weighted by Crippen LogP contribution is -2.09. The molecule has 0 aliphatic carbocycles. The lowest BCUT2D eigenvalue weighted by molar-refractivity contribution is 0.456. The molecule has 0 saturated heterocycles. The molecule has 3 aromatic rings. The van der Waals surface area contributed by atoms with Crippen LogP contribution in [0.1, 0.15) is 12.5 Å². The Kier molecular flexibility index (Phi) is 5.52. The van der Waals surface area contributed by atoms with Gasteiger partial charge in [-0.3, -0.25) is 0 Å². The number of benzene rings is 3. The predicted octanol–water partition coefficient (Wildman–Crippen LogP) is 4.27. The Morgan fingerprint density at radius 3 is 1.89 bits per heavy atom. The van der Waals surface area contributed by atoms with Crippen LogP contribution >= 0.6 is 11.6 Å². The summed E-state index contributed by atoms with van der Waals surface area (Å²) in [6, 6.07) is 15.4. The number of aromatic hydroxyl groups is 1. The number of halogens is 1. The van der Waals surface area contributed by atoms with Gasteiger partial charge in [-0.2, -0.15) is 0 Å². The van der Waals surface area contributed by atoms with Crippen molar-refractivity contribution in [3.63, 3.8) is 0 Å². The normalized spacial score (nSPS) is 12.1. The van der Waals surface area contributed by atoms with E-state index in [1.54, 1.807) is 25.1 Å². The third-order valence-corrected chi connectivity index (χ3v) is 8.18. The molecule has 5 nitrogen and oxygen atoms in total. The van der Waals surface area contributed by atoms with E-state index in [4.69, 9.17) is 11.6 Å². The largest absolute Gasteiger partial charge is 0.507 e. The SMILES string of the molecule is CCc1cc(O)c(S(=O)(=O)c2ccccc2)cc1S(=O)(=O)c1ccc(Cl)cc1. The molecule has 0 aromatic heterocycles. The topological polar surface area (TPSA) is 88.5 Å². The van der Waals surface area contributed by atoms with Gasteiger partial charge in [-0.25, -0.2) is 16.8 Å². The summed E-state index contributed by atoms with van der Waals surface area (Å²) < 4.78 is 52.1. The highest BCUT2D eigenvalue weighted by Crippen LogP contribution is 2.35. The van der Waals surface area contributed by atoms with Crippen molar-refractivity contribution in [2.24, 2.45) is 0 Å². The van der Waals surface area contributed by atoms with Gasteiger partial charge >= 0.3 is 0 Å². The van der Waals surface area contributed by atoms with Crippen LogP contribution in [0, 0.1) is 0 Å².